The van der Waals surface area contributed by atoms with Crippen molar-refractivity contribution in [3.63, 3.8) is 0 Å². The Labute approximate surface area is 111 Å². The first-order valence-corrected chi connectivity index (χ1v) is 6.92. The van der Waals surface area contributed by atoms with Crippen molar-refractivity contribution in [2.45, 2.75) is 19.9 Å². The third-order valence-electron chi connectivity index (χ3n) is 2.34. The van der Waals surface area contributed by atoms with Crippen LogP contribution in [0.15, 0.2) is 24.3 Å². The van der Waals surface area contributed by atoms with Gasteiger partial charge in [0.05, 0.1) is 5.56 Å². The molecular weight excluding hydrogens is 250 g/mol. The van der Waals surface area contributed by atoms with Crippen molar-refractivity contribution in [1.82, 2.24) is 5.32 Å². The number of carbonyl (C=O) groups is 2. The highest BCUT2D eigenvalue weighted by atomic mass is 32.2. The molecule has 18 heavy (non-hydrogen) atoms. The van der Waals surface area contributed by atoms with Gasteiger partial charge in [0.25, 0.3) is 5.91 Å². The molecule has 0 aliphatic rings. The average molecular weight is 267 g/mol. The Morgan fingerprint density at radius 2 is 1.83 bits per heavy atom. The summed E-state index contributed by atoms with van der Waals surface area (Å²) in [6, 6.07) is 6.02. The highest BCUT2D eigenvalue weighted by Gasteiger charge is 2.10. The van der Waals surface area contributed by atoms with Crippen LogP contribution in [0.3, 0.4) is 0 Å². The molecule has 5 heteroatoms. The van der Waals surface area contributed by atoms with E-state index in [0.717, 1.165) is 11.5 Å². The summed E-state index contributed by atoms with van der Waals surface area (Å²) in [5, 5.41) is 11.6. The van der Waals surface area contributed by atoms with Gasteiger partial charge in [-0.2, -0.15) is 11.8 Å². The van der Waals surface area contributed by atoms with Crippen molar-refractivity contribution in [2.75, 3.05) is 11.5 Å². The molecule has 1 aromatic carbocycles. The second-order valence-corrected chi connectivity index (χ2v) is 5.24. The fourth-order valence-electron chi connectivity index (χ4n) is 1.41. The number of rotatable bonds is 6. The topological polar surface area (TPSA) is 66.4 Å². The summed E-state index contributed by atoms with van der Waals surface area (Å²) in [5.74, 6) is 0.731. The maximum atomic E-state index is 11.8. The summed E-state index contributed by atoms with van der Waals surface area (Å²) in [5.41, 5.74) is 0.662. The largest absolute Gasteiger partial charge is 0.478 e. The molecule has 1 unspecified atom stereocenters. The molecule has 0 fully saturated rings. The maximum absolute atomic E-state index is 11.8. The molecule has 0 aliphatic heterocycles. The van der Waals surface area contributed by atoms with E-state index in [1.807, 2.05) is 6.92 Å². The molecule has 1 aromatic rings. The minimum Gasteiger partial charge on any atom is -0.478 e. The third-order valence-corrected chi connectivity index (χ3v) is 3.49. The number of aromatic carboxylic acids is 1. The standard InChI is InChI=1S/C13H17NO3S/c1-3-18-8-9(2)14-12(15)10-4-6-11(7-5-10)13(16)17/h4-7,9H,3,8H2,1-2H3,(H,14,15)(H,16,17). The molecule has 0 heterocycles. The SMILES string of the molecule is CCSCC(C)NC(=O)c1ccc(C(=O)O)cc1. The van der Waals surface area contributed by atoms with Gasteiger partial charge in [0.1, 0.15) is 0 Å². The second kappa shape index (κ2) is 7.06. The fourth-order valence-corrected chi connectivity index (χ4v) is 2.08. The Morgan fingerprint density at radius 1 is 1.28 bits per heavy atom. The quantitative estimate of drug-likeness (QED) is 0.829. The van der Waals surface area contributed by atoms with Crippen LogP contribution in [-0.4, -0.2) is 34.5 Å². The Hall–Kier alpha value is -1.49. The molecule has 1 atom stereocenters. The Bertz CT molecular complexity index is 417. The van der Waals surface area contributed by atoms with E-state index >= 15 is 0 Å². The van der Waals surface area contributed by atoms with Gasteiger partial charge in [0.2, 0.25) is 0 Å². The van der Waals surface area contributed by atoms with E-state index in [9.17, 15) is 9.59 Å². The monoisotopic (exact) mass is 267 g/mol. The van der Waals surface area contributed by atoms with Gasteiger partial charge in [-0.15, -0.1) is 0 Å². The van der Waals surface area contributed by atoms with E-state index in [1.165, 1.54) is 24.3 Å². The fraction of sp³-hybridized carbons (Fsp3) is 0.385. The van der Waals surface area contributed by atoms with Crippen LogP contribution in [0.1, 0.15) is 34.6 Å². The molecule has 0 spiro atoms. The van der Waals surface area contributed by atoms with Gasteiger partial charge in [0, 0.05) is 17.4 Å². The number of amides is 1. The van der Waals surface area contributed by atoms with Crippen LogP contribution in [-0.2, 0) is 0 Å². The molecule has 0 saturated carbocycles. The van der Waals surface area contributed by atoms with Gasteiger partial charge in [-0.25, -0.2) is 4.79 Å². The third kappa shape index (κ3) is 4.41. The number of nitrogens with one attached hydrogen (secondary N) is 1. The van der Waals surface area contributed by atoms with Gasteiger partial charge in [-0.1, -0.05) is 6.92 Å². The second-order valence-electron chi connectivity index (χ2n) is 3.92. The number of thioether (sulfide) groups is 1. The molecular formula is C13H17NO3S. The van der Waals surface area contributed by atoms with Crippen LogP contribution in [0.2, 0.25) is 0 Å². The number of carbonyl (C=O) groups excluding carboxylic acids is 1. The zero-order valence-electron chi connectivity index (χ0n) is 10.5. The van der Waals surface area contributed by atoms with Crippen molar-refractivity contribution in [3.8, 4) is 0 Å². The van der Waals surface area contributed by atoms with Gasteiger partial charge < -0.3 is 10.4 Å². The smallest absolute Gasteiger partial charge is 0.335 e. The summed E-state index contributed by atoms with van der Waals surface area (Å²) >= 11 is 1.77. The minimum atomic E-state index is -0.991. The lowest BCUT2D eigenvalue weighted by Crippen LogP contribution is -2.34. The summed E-state index contributed by atoms with van der Waals surface area (Å²) < 4.78 is 0. The van der Waals surface area contributed by atoms with Crippen LogP contribution in [0.4, 0.5) is 0 Å². The molecule has 4 nitrogen and oxygen atoms in total. The number of benzene rings is 1. The zero-order valence-corrected chi connectivity index (χ0v) is 11.3. The number of hydrogen-bond donors (Lipinski definition) is 2. The first-order chi connectivity index (χ1) is 8.54. The summed E-state index contributed by atoms with van der Waals surface area (Å²) in [6.07, 6.45) is 0. The minimum absolute atomic E-state index is 0.0987. The van der Waals surface area contributed by atoms with Crippen LogP contribution < -0.4 is 5.32 Å². The predicted octanol–water partition coefficient (Wildman–Crippen LogP) is 2.26. The Kier molecular flexibility index (Phi) is 5.71. The highest BCUT2D eigenvalue weighted by molar-refractivity contribution is 7.99. The van der Waals surface area contributed by atoms with E-state index < -0.39 is 5.97 Å². The van der Waals surface area contributed by atoms with Crippen LogP contribution in [0, 0.1) is 0 Å². The van der Waals surface area contributed by atoms with Gasteiger partial charge in [-0.05, 0) is 36.9 Å². The van der Waals surface area contributed by atoms with Crippen molar-refractivity contribution >= 4 is 23.6 Å². The maximum Gasteiger partial charge on any atom is 0.335 e. The van der Waals surface area contributed by atoms with Crippen LogP contribution in [0.5, 0.6) is 0 Å². The van der Waals surface area contributed by atoms with Crippen LogP contribution >= 0.6 is 11.8 Å². The lowest BCUT2D eigenvalue weighted by Gasteiger charge is -2.13. The summed E-state index contributed by atoms with van der Waals surface area (Å²) in [4.78, 5) is 22.5. The van der Waals surface area contributed by atoms with Crippen molar-refractivity contribution in [3.05, 3.63) is 35.4 Å². The van der Waals surface area contributed by atoms with Crippen LogP contribution in [0.25, 0.3) is 0 Å². The first-order valence-electron chi connectivity index (χ1n) is 5.76. The lowest BCUT2D eigenvalue weighted by atomic mass is 10.1. The number of carboxylic acid groups (broad SMARTS) is 1. The number of carboxylic acids is 1. The molecule has 0 bridgehead atoms. The Morgan fingerprint density at radius 3 is 2.33 bits per heavy atom. The van der Waals surface area contributed by atoms with Gasteiger partial charge in [0.15, 0.2) is 0 Å². The normalized spacial score (nSPS) is 11.9. The lowest BCUT2D eigenvalue weighted by molar-refractivity contribution is 0.0696. The zero-order chi connectivity index (χ0) is 13.5. The van der Waals surface area contributed by atoms with Gasteiger partial charge in [-0.3, -0.25) is 4.79 Å². The summed E-state index contributed by atoms with van der Waals surface area (Å²) in [7, 11) is 0. The molecule has 2 N–H and O–H groups in total. The number of hydrogen-bond acceptors (Lipinski definition) is 3. The average Bonchev–Trinajstić information content (AvgIpc) is 2.36. The van der Waals surface area contributed by atoms with Gasteiger partial charge >= 0.3 is 5.97 Å². The molecule has 0 aliphatic carbocycles. The van der Waals surface area contributed by atoms with E-state index in [2.05, 4.69) is 12.2 Å². The molecule has 0 saturated heterocycles. The van der Waals surface area contributed by atoms with Crippen molar-refractivity contribution in [2.24, 2.45) is 0 Å². The van der Waals surface area contributed by atoms with E-state index in [1.54, 1.807) is 11.8 Å². The molecule has 98 valence electrons. The molecule has 1 amide bonds. The predicted molar refractivity (Wildman–Crippen MR) is 73.3 cm³/mol. The van der Waals surface area contributed by atoms with E-state index in [-0.39, 0.29) is 17.5 Å². The summed E-state index contributed by atoms with van der Waals surface area (Å²) in [6.45, 7) is 4.02. The van der Waals surface area contributed by atoms with Crippen molar-refractivity contribution < 1.29 is 14.7 Å². The highest BCUT2D eigenvalue weighted by Crippen LogP contribution is 2.06. The van der Waals surface area contributed by atoms with E-state index in [0.29, 0.717) is 5.56 Å². The Balaban J connectivity index is 2.58. The van der Waals surface area contributed by atoms with E-state index in [4.69, 9.17) is 5.11 Å². The first kappa shape index (κ1) is 14.6. The van der Waals surface area contributed by atoms with Crippen molar-refractivity contribution in [1.29, 1.82) is 0 Å². The molecule has 0 radical (unpaired) electrons. The molecule has 0 aromatic heterocycles. The molecule has 1 rings (SSSR count).